The second kappa shape index (κ2) is 59.7. The van der Waals surface area contributed by atoms with Crippen LogP contribution in [0.3, 0.4) is 0 Å². The van der Waals surface area contributed by atoms with Crippen molar-refractivity contribution in [3.05, 3.63) is 60.8 Å². The highest BCUT2D eigenvalue weighted by Gasteiger charge is 2.19. The van der Waals surface area contributed by atoms with Gasteiger partial charge in [-0.25, -0.2) is 0 Å². The third-order valence-electron chi connectivity index (χ3n) is 13.5. The Balaban J connectivity index is 4.44. The molecule has 0 aromatic heterocycles. The average Bonchev–Trinajstić information content (AvgIpc) is 3.37. The Hall–Kier alpha value is -2.89. The normalized spacial score (nSPS) is 12.4. The lowest BCUT2D eigenvalue weighted by atomic mass is 10.0. The molecule has 0 radical (unpaired) electrons. The molecule has 6 heteroatoms. The van der Waals surface area contributed by atoms with Gasteiger partial charge in [0.25, 0.3) is 0 Å². The van der Waals surface area contributed by atoms with Crippen molar-refractivity contribution in [1.29, 1.82) is 0 Å². The lowest BCUT2D eigenvalue weighted by Crippen LogP contribution is -2.30. The van der Waals surface area contributed by atoms with Gasteiger partial charge in [-0.15, -0.1) is 0 Å². The quantitative estimate of drug-likeness (QED) is 0.0261. The predicted octanol–water partition coefficient (Wildman–Crippen LogP) is 20.8. The minimum absolute atomic E-state index is 0.0994. The van der Waals surface area contributed by atoms with Crippen molar-refractivity contribution in [2.75, 3.05) is 13.2 Å². The molecule has 71 heavy (non-hydrogen) atoms. The second-order valence-corrected chi connectivity index (χ2v) is 20.6. The van der Waals surface area contributed by atoms with E-state index in [-0.39, 0.29) is 37.5 Å². The minimum Gasteiger partial charge on any atom is -0.462 e. The highest BCUT2D eigenvalue weighted by molar-refractivity contribution is 5.71. The summed E-state index contributed by atoms with van der Waals surface area (Å²) in [6, 6.07) is 0. The predicted molar refractivity (Wildman–Crippen MR) is 307 cm³/mol. The topological polar surface area (TPSA) is 78.9 Å². The first kappa shape index (κ1) is 68.1. The molecule has 0 saturated heterocycles. The Morgan fingerprint density at radius 3 is 0.845 bits per heavy atom. The third kappa shape index (κ3) is 57.9. The van der Waals surface area contributed by atoms with Crippen molar-refractivity contribution in [3.8, 4) is 0 Å². The Labute approximate surface area is 440 Å². The number of esters is 3. The number of ether oxygens (including phenoxy) is 3. The van der Waals surface area contributed by atoms with Crippen LogP contribution >= 0.6 is 0 Å². The van der Waals surface area contributed by atoms with Gasteiger partial charge in [-0.3, -0.25) is 14.4 Å². The maximum Gasteiger partial charge on any atom is 0.306 e. The van der Waals surface area contributed by atoms with Crippen LogP contribution in [-0.2, 0) is 28.6 Å². The van der Waals surface area contributed by atoms with E-state index in [9.17, 15) is 14.4 Å². The summed E-state index contributed by atoms with van der Waals surface area (Å²) in [5, 5.41) is 0. The zero-order valence-electron chi connectivity index (χ0n) is 47.2. The number of hydrogen-bond donors (Lipinski definition) is 0. The molecule has 0 saturated carbocycles. The largest absolute Gasteiger partial charge is 0.462 e. The standard InChI is InChI=1S/C65H116O6/c1-4-7-10-13-16-19-22-25-28-30-32-34-37-40-43-46-49-52-55-58-64(67)70-61-62(60-69-63(66)57-54-51-48-45-42-39-36-27-24-21-18-15-12-9-6-3)71-65(68)59-56-53-50-47-44-41-38-35-33-31-29-26-23-20-17-14-11-8-5-2/h17,20,26,29,33,35,41,44,50,53,62H,4-16,18-19,21-25,27-28,30-32,34,36-40,42-43,45-49,51-52,54-61H2,1-3H3/b20-17-,29-26-,35-33-,44-41-,53-50-/t62-/m0/s1. The summed E-state index contributed by atoms with van der Waals surface area (Å²) in [6.45, 7) is 6.60. The van der Waals surface area contributed by atoms with Gasteiger partial charge in [0.05, 0.1) is 0 Å². The van der Waals surface area contributed by atoms with Crippen molar-refractivity contribution in [2.45, 2.75) is 322 Å². The molecule has 0 aromatic rings. The van der Waals surface area contributed by atoms with Gasteiger partial charge in [0, 0.05) is 19.3 Å². The molecule has 0 bridgehead atoms. The van der Waals surface area contributed by atoms with Crippen LogP contribution in [0.1, 0.15) is 316 Å². The van der Waals surface area contributed by atoms with Gasteiger partial charge in [0.2, 0.25) is 0 Å². The molecule has 0 fully saturated rings. The van der Waals surface area contributed by atoms with E-state index in [0.717, 1.165) is 64.2 Å². The van der Waals surface area contributed by atoms with Gasteiger partial charge >= 0.3 is 17.9 Å². The van der Waals surface area contributed by atoms with Crippen LogP contribution in [0, 0.1) is 0 Å². The Morgan fingerprint density at radius 1 is 0.282 bits per heavy atom. The fourth-order valence-corrected chi connectivity index (χ4v) is 8.90. The molecule has 0 rings (SSSR count). The summed E-state index contributed by atoms with van der Waals surface area (Å²) < 4.78 is 16.8. The SMILES string of the molecule is CCCCC/C=C\C/C=C\C/C=C\C/C=C\C/C=C\CCC(=O)O[C@@H](COC(=O)CCCCCCCCCCCCCCCCC)COC(=O)CCCCCCCCCCCCCCCCCCCCC. The summed E-state index contributed by atoms with van der Waals surface area (Å²) in [5.74, 6) is -0.964. The van der Waals surface area contributed by atoms with Crippen molar-refractivity contribution < 1.29 is 28.6 Å². The van der Waals surface area contributed by atoms with Gasteiger partial charge in [-0.1, -0.05) is 300 Å². The van der Waals surface area contributed by atoms with Crippen LogP contribution in [0.2, 0.25) is 0 Å². The zero-order valence-corrected chi connectivity index (χ0v) is 47.2. The van der Waals surface area contributed by atoms with Gasteiger partial charge in [0.1, 0.15) is 13.2 Å². The van der Waals surface area contributed by atoms with Crippen LogP contribution in [-0.4, -0.2) is 37.2 Å². The lowest BCUT2D eigenvalue weighted by Gasteiger charge is -2.18. The van der Waals surface area contributed by atoms with Gasteiger partial charge in [-0.2, -0.15) is 0 Å². The number of hydrogen-bond acceptors (Lipinski definition) is 6. The smallest absolute Gasteiger partial charge is 0.306 e. The van der Waals surface area contributed by atoms with Crippen molar-refractivity contribution in [2.24, 2.45) is 0 Å². The molecular formula is C65H116O6. The third-order valence-corrected chi connectivity index (χ3v) is 13.5. The van der Waals surface area contributed by atoms with E-state index < -0.39 is 6.10 Å². The van der Waals surface area contributed by atoms with E-state index in [1.54, 1.807) is 0 Å². The first-order chi connectivity index (χ1) is 35.0. The number of unbranched alkanes of at least 4 members (excludes halogenated alkanes) is 35. The van der Waals surface area contributed by atoms with E-state index in [1.807, 2.05) is 6.08 Å². The summed E-state index contributed by atoms with van der Waals surface area (Å²) in [4.78, 5) is 38.2. The van der Waals surface area contributed by atoms with E-state index in [4.69, 9.17) is 14.2 Å². The molecule has 1 atom stereocenters. The van der Waals surface area contributed by atoms with Gasteiger partial charge in [0.15, 0.2) is 6.10 Å². The van der Waals surface area contributed by atoms with E-state index in [2.05, 4.69) is 75.5 Å². The van der Waals surface area contributed by atoms with Crippen molar-refractivity contribution in [1.82, 2.24) is 0 Å². The summed E-state index contributed by atoms with van der Waals surface area (Å²) in [5.41, 5.74) is 0. The molecule has 0 spiro atoms. The van der Waals surface area contributed by atoms with Crippen LogP contribution in [0.5, 0.6) is 0 Å². The Kier molecular flexibility index (Phi) is 57.2. The Bertz CT molecular complexity index is 1280. The number of allylic oxidation sites excluding steroid dienone is 10. The molecular weight excluding hydrogens is 877 g/mol. The maximum absolute atomic E-state index is 12.8. The van der Waals surface area contributed by atoms with Crippen LogP contribution in [0.15, 0.2) is 60.8 Å². The molecule has 0 amide bonds. The highest BCUT2D eigenvalue weighted by Crippen LogP contribution is 2.17. The molecule has 0 heterocycles. The maximum atomic E-state index is 12.8. The number of carbonyl (C=O) groups excluding carboxylic acids is 3. The molecule has 0 aliphatic heterocycles. The minimum atomic E-state index is -0.811. The fraction of sp³-hybridized carbons (Fsp3) is 0.800. The highest BCUT2D eigenvalue weighted by atomic mass is 16.6. The van der Waals surface area contributed by atoms with Gasteiger partial charge in [-0.05, 0) is 57.8 Å². The molecule has 0 aliphatic rings. The zero-order chi connectivity index (χ0) is 51.4. The fourth-order valence-electron chi connectivity index (χ4n) is 8.90. The second-order valence-electron chi connectivity index (χ2n) is 20.6. The molecule has 6 nitrogen and oxygen atoms in total. The monoisotopic (exact) mass is 993 g/mol. The molecule has 0 aromatic carbocycles. The number of carbonyl (C=O) groups is 3. The summed E-state index contributed by atoms with van der Waals surface area (Å²) in [6.07, 6.45) is 75.1. The Morgan fingerprint density at radius 2 is 0.535 bits per heavy atom. The van der Waals surface area contributed by atoms with E-state index in [1.165, 1.54) is 205 Å². The summed E-state index contributed by atoms with van der Waals surface area (Å²) >= 11 is 0. The first-order valence-electron chi connectivity index (χ1n) is 30.8. The molecule has 0 unspecified atom stereocenters. The summed E-state index contributed by atoms with van der Waals surface area (Å²) in [7, 11) is 0. The number of rotatable bonds is 56. The van der Waals surface area contributed by atoms with Crippen LogP contribution in [0.4, 0.5) is 0 Å². The first-order valence-corrected chi connectivity index (χ1v) is 30.8. The van der Waals surface area contributed by atoms with E-state index >= 15 is 0 Å². The lowest BCUT2D eigenvalue weighted by molar-refractivity contribution is -0.166. The average molecular weight is 994 g/mol. The van der Waals surface area contributed by atoms with E-state index in [0.29, 0.717) is 19.3 Å². The molecule has 412 valence electrons. The van der Waals surface area contributed by atoms with Crippen molar-refractivity contribution >= 4 is 17.9 Å². The molecule has 0 N–H and O–H groups in total. The van der Waals surface area contributed by atoms with Crippen LogP contribution < -0.4 is 0 Å². The van der Waals surface area contributed by atoms with Crippen molar-refractivity contribution in [3.63, 3.8) is 0 Å². The van der Waals surface area contributed by atoms with Gasteiger partial charge < -0.3 is 14.2 Å². The molecule has 0 aliphatic carbocycles. The van der Waals surface area contributed by atoms with Crippen LogP contribution in [0.25, 0.3) is 0 Å².